The molecule has 0 aliphatic rings. The van der Waals surface area contributed by atoms with E-state index >= 15 is 0 Å². The first-order valence-corrected chi connectivity index (χ1v) is 8.22. The Hall–Kier alpha value is -1.76. The highest BCUT2D eigenvalue weighted by Crippen LogP contribution is 2.22. The molecule has 2 heterocycles. The standard InChI is InChI=1S/C15H22FN5S/c1-10(6-4-7-11-8-5-9-22-11)18-14-20-12(15(2,3)16)19-13(17)21-14/h5,8-10H,4,6-7H2,1-3H3,(H3,17,18,19,20,21). The van der Waals surface area contributed by atoms with Crippen LogP contribution in [0.4, 0.5) is 16.3 Å². The monoisotopic (exact) mass is 323 g/mol. The number of hydrogen-bond acceptors (Lipinski definition) is 6. The molecule has 0 spiro atoms. The summed E-state index contributed by atoms with van der Waals surface area (Å²) in [6.07, 6.45) is 3.10. The van der Waals surface area contributed by atoms with Crippen molar-refractivity contribution in [3.8, 4) is 0 Å². The number of aromatic nitrogens is 3. The highest BCUT2D eigenvalue weighted by atomic mass is 32.1. The predicted molar refractivity (Wildman–Crippen MR) is 88.7 cm³/mol. The van der Waals surface area contributed by atoms with Crippen LogP contribution in [0, 0.1) is 0 Å². The number of nitrogens with two attached hydrogens (primary N) is 1. The fourth-order valence-electron chi connectivity index (χ4n) is 2.05. The minimum atomic E-state index is -1.64. The molecule has 3 N–H and O–H groups in total. The van der Waals surface area contributed by atoms with Crippen LogP contribution < -0.4 is 11.1 Å². The van der Waals surface area contributed by atoms with E-state index in [1.54, 1.807) is 11.3 Å². The van der Waals surface area contributed by atoms with Crippen LogP contribution in [0.25, 0.3) is 0 Å². The number of aryl methyl sites for hydroxylation is 1. The lowest BCUT2D eigenvalue weighted by molar-refractivity contribution is 0.206. The minimum Gasteiger partial charge on any atom is -0.368 e. The van der Waals surface area contributed by atoms with Gasteiger partial charge in [-0.2, -0.15) is 15.0 Å². The zero-order valence-electron chi connectivity index (χ0n) is 13.1. The zero-order chi connectivity index (χ0) is 16.2. The summed E-state index contributed by atoms with van der Waals surface area (Å²) in [5.74, 6) is 0.411. The van der Waals surface area contributed by atoms with E-state index in [1.807, 2.05) is 0 Å². The molecule has 0 aliphatic heterocycles. The number of thiophene rings is 1. The largest absolute Gasteiger partial charge is 0.368 e. The van der Waals surface area contributed by atoms with Crippen LogP contribution in [-0.2, 0) is 12.1 Å². The van der Waals surface area contributed by atoms with Crippen molar-refractivity contribution in [3.63, 3.8) is 0 Å². The van der Waals surface area contributed by atoms with Gasteiger partial charge in [-0.15, -0.1) is 11.3 Å². The van der Waals surface area contributed by atoms with Gasteiger partial charge in [0.2, 0.25) is 11.9 Å². The van der Waals surface area contributed by atoms with Crippen LogP contribution >= 0.6 is 11.3 Å². The molecule has 0 amide bonds. The number of anilines is 2. The third kappa shape index (κ3) is 4.91. The average molecular weight is 323 g/mol. The average Bonchev–Trinajstić information content (AvgIpc) is 2.90. The molecule has 0 fully saturated rings. The lowest BCUT2D eigenvalue weighted by atomic mass is 10.1. The lowest BCUT2D eigenvalue weighted by Gasteiger charge is -2.17. The van der Waals surface area contributed by atoms with Crippen LogP contribution in [0.5, 0.6) is 0 Å². The molecule has 0 aliphatic carbocycles. The van der Waals surface area contributed by atoms with Crippen LogP contribution in [0.2, 0.25) is 0 Å². The molecule has 7 heteroatoms. The molecule has 22 heavy (non-hydrogen) atoms. The van der Waals surface area contributed by atoms with Gasteiger partial charge in [0, 0.05) is 10.9 Å². The molecule has 2 rings (SSSR count). The Balaban J connectivity index is 1.90. The molecule has 0 bridgehead atoms. The van der Waals surface area contributed by atoms with Crippen molar-refractivity contribution in [1.29, 1.82) is 0 Å². The van der Waals surface area contributed by atoms with E-state index in [4.69, 9.17) is 5.73 Å². The molecular weight excluding hydrogens is 301 g/mol. The van der Waals surface area contributed by atoms with Crippen LogP contribution in [0.1, 0.15) is 44.3 Å². The normalized spacial score (nSPS) is 13.1. The van der Waals surface area contributed by atoms with Gasteiger partial charge < -0.3 is 11.1 Å². The fraction of sp³-hybridized carbons (Fsp3) is 0.533. The number of rotatable bonds is 7. The maximum Gasteiger partial charge on any atom is 0.228 e. The molecule has 120 valence electrons. The summed E-state index contributed by atoms with van der Waals surface area (Å²) in [6.45, 7) is 4.85. The van der Waals surface area contributed by atoms with Crippen LogP contribution in [0.3, 0.4) is 0 Å². The summed E-state index contributed by atoms with van der Waals surface area (Å²) in [4.78, 5) is 13.4. The van der Waals surface area contributed by atoms with Gasteiger partial charge in [-0.1, -0.05) is 6.07 Å². The van der Waals surface area contributed by atoms with E-state index in [0.717, 1.165) is 19.3 Å². The van der Waals surface area contributed by atoms with Crippen molar-refractivity contribution in [2.45, 2.75) is 51.7 Å². The molecule has 2 aromatic rings. The third-order valence-corrected chi connectivity index (χ3v) is 4.14. The molecule has 5 nitrogen and oxygen atoms in total. The van der Waals surface area contributed by atoms with E-state index in [2.05, 4.69) is 44.7 Å². The van der Waals surface area contributed by atoms with Gasteiger partial charge in [0.15, 0.2) is 11.5 Å². The first kappa shape index (κ1) is 16.6. The minimum absolute atomic E-state index is 0.0315. The zero-order valence-corrected chi connectivity index (χ0v) is 14.0. The van der Waals surface area contributed by atoms with Crippen LogP contribution in [-0.4, -0.2) is 21.0 Å². The Kier molecular flexibility index (Phi) is 5.28. The van der Waals surface area contributed by atoms with E-state index in [-0.39, 0.29) is 17.8 Å². The van der Waals surface area contributed by atoms with Gasteiger partial charge in [0.25, 0.3) is 0 Å². The molecule has 0 aromatic carbocycles. The van der Waals surface area contributed by atoms with Gasteiger partial charge in [-0.05, 0) is 51.5 Å². The van der Waals surface area contributed by atoms with E-state index in [0.29, 0.717) is 5.95 Å². The Morgan fingerprint density at radius 2 is 2.14 bits per heavy atom. The second-order valence-electron chi connectivity index (χ2n) is 5.83. The van der Waals surface area contributed by atoms with Crippen molar-refractivity contribution in [1.82, 2.24) is 15.0 Å². The summed E-state index contributed by atoms with van der Waals surface area (Å²) in [6, 6.07) is 4.39. The van der Waals surface area contributed by atoms with Crippen molar-refractivity contribution in [3.05, 3.63) is 28.2 Å². The topological polar surface area (TPSA) is 76.7 Å². The number of nitrogens with zero attached hydrogens (tertiary/aromatic N) is 3. The van der Waals surface area contributed by atoms with E-state index in [9.17, 15) is 4.39 Å². The Labute approximate surface area is 134 Å². The maximum atomic E-state index is 13.9. The second kappa shape index (κ2) is 7.00. The summed E-state index contributed by atoms with van der Waals surface area (Å²) >= 11 is 1.77. The second-order valence-corrected chi connectivity index (χ2v) is 6.86. The predicted octanol–water partition coefficient (Wildman–Crippen LogP) is 3.54. The van der Waals surface area contributed by atoms with Crippen molar-refractivity contribution < 1.29 is 4.39 Å². The summed E-state index contributed by atoms with van der Waals surface area (Å²) in [5, 5.41) is 5.26. The summed E-state index contributed by atoms with van der Waals surface area (Å²) in [5.41, 5.74) is 3.99. The lowest BCUT2D eigenvalue weighted by Crippen LogP contribution is -2.22. The van der Waals surface area contributed by atoms with Gasteiger partial charge in [-0.25, -0.2) is 4.39 Å². The number of nitrogen functional groups attached to an aromatic ring is 1. The van der Waals surface area contributed by atoms with Crippen molar-refractivity contribution in [2.75, 3.05) is 11.1 Å². The fourth-order valence-corrected chi connectivity index (χ4v) is 2.80. The molecule has 1 atom stereocenters. The van der Waals surface area contributed by atoms with Gasteiger partial charge in [-0.3, -0.25) is 0 Å². The van der Waals surface area contributed by atoms with Crippen LogP contribution in [0.15, 0.2) is 17.5 Å². The maximum absolute atomic E-state index is 13.9. The smallest absolute Gasteiger partial charge is 0.228 e. The molecule has 1 unspecified atom stereocenters. The first-order valence-electron chi connectivity index (χ1n) is 7.34. The number of halogens is 1. The highest BCUT2D eigenvalue weighted by Gasteiger charge is 2.24. The summed E-state index contributed by atoms with van der Waals surface area (Å²) in [7, 11) is 0. The quantitative estimate of drug-likeness (QED) is 0.815. The number of alkyl halides is 1. The van der Waals surface area contributed by atoms with Gasteiger partial charge in [0.05, 0.1) is 0 Å². The summed E-state index contributed by atoms with van der Waals surface area (Å²) < 4.78 is 13.9. The van der Waals surface area contributed by atoms with E-state index < -0.39 is 5.67 Å². The Morgan fingerprint density at radius 1 is 1.36 bits per heavy atom. The molecule has 0 saturated carbocycles. The Morgan fingerprint density at radius 3 is 2.77 bits per heavy atom. The third-order valence-electron chi connectivity index (χ3n) is 3.20. The van der Waals surface area contributed by atoms with E-state index in [1.165, 1.54) is 18.7 Å². The Bertz CT molecular complexity index is 594. The van der Waals surface area contributed by atoms with Crippen molar-refractivity contribution in [2.24, 2.45) is 0 Å². The van der Waals surface area contributed by atoms with Gasteiger partial charge >= 0.3 is 0 Å². The molecule has 0 radical (unpaired) electrons. The number of nitrogens with one attached hydrogen (secondary N) is 1. The molecule has 2 aromatic heterocycles. The van der Waals surface area contributed by atoms with Gasteiger partial charge in [0.1, 0.15) is 0 Å². The SMILES string of the molecule is CC(CCCc1cccs1)Nc1nc(N)nc(C(C)(C)F)n1. The molecule has 0 saturated heterocycles. The highest BCUT2D eigenvalue weighted by molar-refractivity contribution is 7.09. The molecular formula is C15H22FN5S. The number of hydrogen-bond donors (Lipinski definition) is 2. The first-order chi connectivity index (χ1) is 10.3. The van der Waals surface area contributed by atoms with Crippen molar-refractivity contribution >= 4 is 23.2 Å².